The van der Waals surface area contributed by atoms with Crippen molar-refractivity contribution in [1.29, 1.82) is 5.26 Å². The molecule has 0 radical (unpaired) electrons. The number of rotatable bonds is 3. The minimum absolute atomic E-state index is 0.00731. The van der Waals surface area contributed by atoms with Crippen LogP contribution in [-0.2, 0) is 10.3 Å². The Hall–Kier alpha value is -1.59. The van der Waals surface area contributed by atoms with Gasteiger partial charge in [0.05, 0.1) is 11.6 Å². The van der Waals surface area contributed by atoms with Gasteiger partial charge >= 0.3 is 0 Å². The van der Waals surface area contributed by atoms with E-state index >= 15 is 0 Å². The van der Waals surface area contributed by atoms with Gasteiger partial charge in [-0.05, 0) is 36.6 Å². The molecular formula is C16H17NO. The maximum absolute atomic E-state index is 9.28. The van der Waals surface area contributed by atoms with Gasteiger partial charge < -0.3 is 4.74 Å². The molecule has 2 heteroatoms. The van der Waals surface area contributed by atoms with E-state index in [0.29, 0.717) is 0 Å². The molecule has 18 heavy (non-hydrogen) atoms. The highest BCUT2D eigenvalue weighted by Gasteiger charge is 2.47. The van der Waals surface area contributed by atoms with Crippen LogP contribution in [0.4, 0.5) is 0 Å². The zero-order chi connectivity index (χ0) is 12.8. The fourth-order valence-electron chi connectivity index (χ4n) is 3.12. The molecule has 0 N–H and O–H groups in total. The summed E-state index contributed by atoms with van der Waals surface area (Å²) in [5.41, 5.74) is 3.98. The van der Waals surface area contributed by atoms with Gasteiger partial charge in [0.15, 0.2) is 0 Å². The van der Waals surface area contributed by atoms with Crippen LogP contribution in [0, 0.1) is 18.3 Å². The minimum atomic E-state index is -0.256. The molecule has 0 aliphatic carbocycles. The summed E-state index contributed by atoms with van der Waals surface area (Å²) in [6.07, 6.45) is 7.61. The normalized spacial score (nSPS) is 27.3. The molecule has 0 aromatic heterocycles. The third-order valence-corrected chi connectivity index (χ3v) is 3.96. The molecule has 2 aliphatic heterocycles. The first-order valence-electron chi connectivity index (χ1n) is 6.62. The number of nitriles is 1. The van der Waals surface area contributed by atoms with Gasteiger partial charge in [0.2, 0.25) is 0 Å². The van der Waals surface area contributed by atoms with Gasteiger partial charge in [-0.25, -0.2) is 0 Å². The maximum atomic E-state index is 9.28. The molecule has 3 rings (SSSR count). The van der Waals surface area contributed by atoms with Gasteiger partial charge in [0.1, 0.15) is 11.7 Å². The topological polar surface area (TPSA) is 33.0 Å². The van der Waals surface area contributed by atoms with Crippen LogP contribution in [0.25, 0.3) is 0 Å². The maximum Gasteiger partial charge on any atom is 0.113 e. The van der Waals surface area contributed by atoms with Crippen LogP contribution in [0.3, 0.4) is 0 Å². The van der Waals surface area contributed by atoms with Crippen LogP contribution >= 0.6 is 0 Å². The lowest BCUT2D eigenvalue weighted by atomic mass is 9.81. The SMILES string of the molecule is CCCCC12C=CC(O1)c1c(C#N)cc(C)cc12. The number of aryl methyl sites for hydroxylation is 1. The average molecular weight is 239 g/mol. The molecule has 0 amide bonds. The monoisotopic (exact) mass is 239 g/mol. The van der Waals surface area contributed by atoms with Crippen molar-refractivity contribution in [2.24, 2.45) is 0 Å². The van der Waals surface area contributed by atoms with E-state index in [1.54, 1.807) is 0 Å². The van der Waals surface area contributed by atoms with E-state index in [1.807, 2.05) is 13.0 Å². The van der Waals surface area contributed by atoms with E-state index in [9.17, 15) is 5.26 Å². The minimum Gasteiger partial charge on any atom is -0.354 e. The highest BCUT2D eigenvalue weighted by atomic mass is 16.5. The fraction of sp³-hybridized carbons (Fsp3) is 0.438. The van der Waals surface area contributed by atoms with Crippen molar-refractivity contribution in [2.75, 3.05) is 0 Å². The Balaban J connectivity index is 2.13. The van der Waals surface area contributed by atoms with Crippen molar-refractivity contribution < 1.29 is 4.74 Å². The molecule has 2 atom stereocenters. The van der Waals surface area contributed by atoms with E-state index in [2.05, 4.69) is 31.2 Å². The van der Waals surface area contributed by atoms with Crippen LogP contribution in [0.1, 0.15) is 54.5 Å². The Labute approximate surface area is 108 Å². The molecule has 2 nitrogen and oxygen atoms in total. The van der Waals surface area contributed by atoms with Crippen molar-refractivity contribution in [3.8, 4) is 6.07 Å². The molecule has 2 bridgehead atoms. The van der Waals surface area contributed by atoms with Crippen molar-refractivity contribution >= 4 is 0 Å². The summed E-state index contributed by atoms with van der Waals surface area (Å²) in [6.45, 7) is 4.24. The summed E-state index contributed by atoms with van der Waals surface area (Å²) < 4.78 is 6.17. The smallest absolute Gasteiger partial charge is 0.113 e. The highest BCUT2D eigenvalue weighted by molar-refractivity contribution is 5.56. The molecule has 0 saturated carbocycles. The lowest BCUT2D eigenvalue weighted by molar-refractivity contribution is -0.0100. The Kier molecular flexibility index (Phi) is 2.53. The summed E-state index contributed by atoms with van der Waals surface area (Å²) in [6, 6.07) is 6.46. The third-order valence-electron chi connectivity index (χ3n) is 3.96. The fourth-order valence-corrected chi connectivity index (χ4v) is 3.12. The number of hydrogen-bond acceptors (Lipinski definition) is 2. The summed E-state index contributed by atoms with van der Waals surface area (Å²) in [7, 11) is 0. The second-order valence-corrected chi connectivity index (χ2v) is 5.28. The van der Waals surface area contributed by atoms with Crippen LogP contribution < -0.4 is 0 Å². The predicted molar refractivity (Wildman–Crippen MR) is 70.1 cm³/mol. The Morgan fingerprint density at radius 3 is 3.00 bits per heavy atom. The summed E-state index contributed by atoms with van der Waals surface area (Å²) in [5, 5.41) is 9.28. The molecule has 0 spiro atoms. The Morgan fingerprint density at radius 1 is 1.44 bits per heavy atom. The van der Waals surface area contributed by atoms with Gasteiger partial charge in [0, 0.05) is 5.56 Å². The number of benzene rings is 1. The lowest BCUT2D eigenvalue weighted by Crippen LogP contribution is -2.20. The zero-order valence-corrected chi connectivity index (χ0v) is 10.9. The largest absolute Gasteiger partial charge is 0.354 e. The number of ether oxygens (including phenoxy) is 1. The van der Waals surface area contributed by atoms with Crippen LogP contribution in [0.5, 0.6) is 0 Å². The van der Waals surface area contributed by atoms with Crippen LogP contribution in [0.2, 0.25) is 0 Å². The third kappa shape index (κ3) is 1.44. The molecule has 2 aliphatic rings. The number of fused-ring (bicyclic) bond motifs is 5. The van der Waals surface area contributed by atoms with Gasteiger partial charge in [0.25, 0.3) is 0 Å². The molecule has 1 aromatic rings. The van der Waals surface area contributed by atoms with Crippen molar-refractivity contribution in [3.05, 3.63) is 46.5 Å². The summed E-state index contributed by atoms with van der Waals surface area (Å²) in [5.74, 6) is 0. The Bertz CT molecular complexity index is 567. The molecule has 0 saturated heterocycles. The number of hydrogen-bond donors (Lipinski definition) is 0. The predicted octanol–water partition coefficient (Wildman–Crippen LogP) is 3.89. The van der Waals surface area contributed by atoms with Crippen LogP contribution in [0.15, 0.2) is 24.3 Å². The summed E-state index contributed by atoms with van der Waals surface area (Å²) in [4.78, 5) is 0. The van der Waals surface area contributed by atoms with Crippen molar-refractivity contribution in [1.82, 2.24) is 0 Å². The zero-order valence-electron chi connectivity index (χ0n) is 10.9. The van der Waals surface area contributed by atoms with Gasteiger partial charge in [-0.1, -0.05) is 31.9 Å². The van der Waals surface area contributed by atoms with Gasteiger partial charge in [-0.15, -0.1) is 0 Å². The van der Waals surface area contributed by atoms with Gasteiger partial charge in [-0.3, -0.25) is 0 Å². The molecular weight excluding hydrogens is 222 g/mol. The van der Waals surface area contributed by atoms with E-state index in [4.69, 9.17) is 4.74 Å². The second-order valence-electron chi connectivity index (χ2n) is 5.28. The molecule has 2 heterocycles. The quantitative estimate of drug-likeness (QED) is 0.749. The highest BCUT2D eigenvalue weighted by Crippen LogP contribution is 2.53. The summed E-state index contributed by atoms with van der Waals surface area (Å²) >= 11 is 0. The first-order chi connectivity index (χ1) is 8.70. The van der Waals surface area contributed by atoms with E-state index in [1.165, 1.54) is 5.56 Å². The van der Waals surface area contributed by atoms with Crippen molar-refractivity contribution in [3.63, 3.8) is 0 Å². The average Bonchev–Trinajstić information content (AvgIpc) is 2.92. The molecule has 1 aromatic carbocycles. The van der Waals surface area contributed by atoms with Crippen molar-refractivity contribution in [2.45, 2.75) is 44.8 Å². The molecule has 92 valence electrons. The number of nitrogens with zero attached hydrogens (tertiary/aromatic N) is 1. The molecule has 0 fully saturated rings. The first kappa shape index (κ1) is 11.5. The Morgan fingerprint density at radius 2 is 2.28 bits per heavy atom. The van der Waals surface area contributed by atoms with E-state index in [0.717, 1.165) is 36.0 Å². The standard InChI is InChI=1S/C16H17NO/c1-3-4-6-16-7-5-14(18-16)15-12(10-17)8-11(2)9-13(15)16/h5,7-9,14H,3-4,6H2,1-2H3. The van der Waals surface area contributed by atoms with Crippen LogP contribution in [-0.4, -0.2) is 0 Å². The first-order valence-corrected chi connectivity index (χ1v) is 6.62. The number of unbranched alkanes of at least 4 members (excludes halogenated alkanes) is 1. The lowest BCUT2D eigenvalue weighted by Gasteiger charge is -2.24. The van der Waals surface area contributed by atoms with E-state index < -0.39 is 0 Å². The molecule has 2 unspecified atom stereocenters. The van der Waals surface area contributed by atoms with Gasteiger partial charge in [-0.2, -0.15) is 5.26 Å². The van der Waals surface area contributed by atoms with E-state index in [-0.39, 0.29) is 11.7 Å². The second kappa shape index (κ2) is 3.96.